The number of likely N-dealkylation sites (tertiary alicyclic amines) is 1. The van der Waals surface area contributed by atoms with Crippen LogP contribution in [-0.2, 0) is 4.74 Å². The van der Waals surface area contributed by atoms with Gasteiger partial charge in [-0.3, -0.25) is 4.90 Å². The maximum atomic E-state index is 12.4. The van der Waals surface area contributed by atoms with Gasteiger partial charge in [0, 0.05) is 13.1 Å². The lowest BCUT2D eigenvalue weighted by atomic mass is 10.1. The van der Waals surface area contributed by atoms with Crippen molar-refractivity contribution in [3.05, 3.63) is 0 Å². The molecule has 1 unspecified atom stereocenters. The van der Waals surface area contributed by atoms with E-state index in [0.717, 1.165) is 6.92 Å². The van der Waals surface area contributed by atoms with Gasteiger partial charge in [0.15, 0.2) is 0 Å². The maximum Gasteiger partial charge on any atom is 0.404 e. The molecule has 0 aromatic heterocycles. The number of hydrogen-bond donors (Lipinski definition) is 1. The number of halogens is 3. The van der Waals surface area contributed by atoms with E-state index in [9.17, 15) is 18.0 Å². The Labute approximate surface area is 91.5 Å². The molecule has 1 amide bonds. The van der Waals surface area contributed by atoms with Crippen LogP contribution in [-0.4, -0.2) is 42.4 Å². The van der Waals surface area contributed by atoms with Crippen LogP contribution in [0.1, 0.15) is 19.8 Å². The van der Waals surface area contributed by atoms with Crippen molar-refractivity contribution in [1.82, 2.24) is 4.90 Å². The van der Waals surface area contributed by atoms with Gasteiger partial charge in [-0.15, -0.1) is 0 Å². The number of amides is 1. The molecule has 1 saturated heterocycles. The predicted molar refractivity (Wildman–Crippen MR) is 50.8 cm³/mol. The minimum absolute atomic E-state index is 0.263. The second kappa shape index (κ2) is 4.90. The van der Waals surface area contributed by atoms with E-state index in [4.69, 9.17) is 10.5 Å². The molecular weight excluding hydrogens is 225 g/mol. The van der Waals surface area contributed by atoms with Crippen molar-refractivity contribution in [1.29, 1.82) is 0 Å². The first-order valence-electron chi connectivity index (χ1n) is 5.07. The summed E-state index contributed by atoms with van der Waals surface area (Å²) < 4.78 is 41.9. The number of carbonyl (C=O) groups is 1. The molecule has 0 bridgehead atoms. The number of nitrogens with two attached hydrogens (primary N) is 1. The molecule has 16 heavy (non-hydrogen) atoms. The largest absolute Gasteiger partial charge is 0.446 e. The first-order chi connectivity index (χ1) is 7.30. The van der Waals surface area contributed by atoms with Crippen LogP contribution in [0.2, 0.25) is 0 Å². The van der Waals surface area contributed by atoms with Crippen molar-refractivity contribution in [2.45, 2.75) is 38.1 Å². The topological polar surface area (TPSA) is 55.6 Å². The Morgan fingerprint density at radius 1 is 1.44 bits per heavy atom. The lowest BCUT2D eigenvalue weighted by molar-refractivity contribution is -0.183. The molecule has 1 atom stereocenters. The van der Waals surface area contributed by atoms with Gasteiger partial charge in [-0.2, -0.15) is 13.2 Å². The zero-order valence-electron chi connectivity index (χ0n) is 8.96. The Kier molecular flexibility index (Phi) is 4.01. The summed E-state index contributed by atoms with van der Waals surface area (Å²) in [7, 11) is 0. The van der Waals surface area contributed by atoms with Crippen LogP contribution in [0, 0.1) is 0 Å². The van der Waals surface area contributed by atoms with Gasteiger partial charge in [0.05, 0.1) is 0 Å². The number of piperidine rings is 1. The summed E-state index contributed by atoms with van der Waals surface area (Å²) >= 11 is 0. The van der Waals surface area contributed by atoms with Gasteiger partial charge in [0.25, 0.3) is 0 Å². The Morgan fingerprint density at radius 3 is 2.31 bits per heavy atom. The average Bonchev–Trinajstić information content (AvgIpc) is 2.15. The second-order valence-electron chi connectivity index (χ2n) is 3.89. The van der Waals surface area contributed by atoms with E-state index in [1.165, 1.54) is 4.90 Å². The third-order valence-corrected chi connectivity index (χ3v) is 2.78. The van der Waals surface area contributed by atoms with Crippen molar-refractivity contribution < 1.29 is 22.7 Å². The molecule has 7 heteroatoms. The summed E-state index contributed by atoms with van der Waals surface area (Å²) in [5, 5.41) is 0. The summed E-state index contributed by atoms with van der Waals surface area (Å²) in [6.07, 6.45) is -4.65. The Morgan fingerprint density at radius 2 is 1.94 bits per heavy atom. The molecule has 1 aliphatic rings. The van der Waals surface area contributed by atoms with Crippen LogP contribution in [0.5, 0.6) is 0 Å². The fourth-order valence-electron chi connectivity index (χ4n) is 1.75. The van der Waals surface area contributed by atoms with Crippen LogP contribution < -0.4 is 5.73 Å². The molecule has 0 radical (unpaired) electrons. The van der Waals surface area contributed by atoms with Gasteiger partial charge in [0.2, 0.25) is 0 Å². The Balaban J connectivity index is 2.40. The van der Waals surface area contributed by atoms with Gasteiger partial charge in [-0.1, -0.05) is 0 Å². The van der Waals surface area contributed by atoms with E-state index in [1.807, 2.05) is 0 Å². The first-order valence-corrected chi connectivity index (χ1v) is 5.07. The van der Waals surface area contributed by atoms with Gasteiger partial charge in [-0.25, -0.2) is 4.79 Å². The van der Waals surface area contributed by atoms with Crippen LogP contribution in [0.15, 0.2) is 0 Å². The smallest absolute Gasteiger partial charge is 0.404 e. The SMILES string of the molecule is CC(N1CCC(OC(N)=O)CC1)C(F)(F)F. The number of nitrogens with zero attached hydrogens (tertiary/aromatic N) is 1. The van der Waals surface area contributed by atoms with Gasteiger partial charge in [-0.05, 0) is 19.8 Å². The summed E-state index contributed by atoms with van der Waals surface area (Å²) in [6.45, 7) is 1.66. The minimum Gasteiger partial charge on any atom is -0.446 e. The highest BCUT2D eigenvalue weighted by Crippen LogP contribution is 2.27. The van der Waals surface area contributed by atoms with Crippen molar-refractivity contribution in [3.8, 4) is 0 Å². The average molecular weight is 240 g/mol. The molecule has 0 saturated carbocycles. The molecular formula is C9H15F3N2O2. The third-order valence-electron chi connectivity index (χ3n) is 2.78. The molecule has 1 aliphatic heterocycles. The van der Waals surface area contributed by atoms with E-state index in [0.29, 0.717) is 12.8 Å². The molecule has 0 spiro atoms. The molecule has 0 aliphatic carbocycles. The normalized spacial score (nSPS) is 21.8. The zero-order chi connectivity index (χ0) is 12.3. The quantitative estimate of drug-likeness (QED) is 0.795. The minimum atomic E-state index is -4.21. The molecule has 0 aromatic carbocycles. The number of rotatable bonds is 2. The fourth-order valence-corrected chi connectivity index (χ4v) is 1.75. The van der Waals surface area contributed by atoms with Gasteiger partial charge >= 0.3 is 12.3 Å². The first kappa shape index (κ1) is 13.1. The van der Waals surface area contributed by atoms with Crippen molar-refractivity contribution in [3.63, 3.8) is 0 Å². The summed E-state index contributed by atoms with van der Waals surface area (Å²) in [5.41, 5.74) is 4.83. The molecule has 1 fully saturated rings. The van der Waals surface area contributed by atoms with Crippen LogP contribution >= 0.6 is 0 Å². The highest BCUT2D eigenvalue weighted by molar-refractivity contribution is 5.64. The maximum absolute atomic E-state index is 12.4. The highest BCUT2D eigenvalue weighted by Gasteiger charge is 2.41. The molecule has 2 N–H and O–H groups in total. The lowest BCUT2D eigenvalue weighted by Gasteiger charge is -2.36. The molecule has 94 valence electrons. The van der Waals surface area contributed by atoms with E-state index in [1.54, 1.807) is 0 Å². The van der Waals surface area contributed by atoms with E-state index < -0.39 is 18.3 Å². The predicted octanol–water partition coefficient (Wildman–Crippen LogP) is 1.50. The van der Waals surface area contributed by atoms with E-state index in [-0.39, 0.29) is 19.2 Å². The number of hydrogen-bond acceptors (Lipinski definition) is 3. The summed E-state index contributed by atoms with van der Waals surface area (Å²) in [4.78, 5) is 11.8. The number of alkyl halides is 3. The third kappa shape index (κ3) is 3.55. The highest BCUT2D eigenvalue weighted by atomic mass is 19.4. The zero-order valence-corrected chi connectivity index (χ0v) is 8.96. The monoisotopic (exact) mass is 240 g/mol. The second-order valence-corrected chi connectivity index (χ2v) is 3.89. The van der Waals surface area contributed by atoms with Crippen molar-refractivity contribution in [2.24, 2.45) is 5.73 Å². The summed E-state index contributed by atoms with van der Waals surface area (Å²) in [5.74, 6) is 0. The standard InChI is InChI=1S/C9H15F3N2O2/c1-6(9(10,11)12)14-4-2-7(3-5-14)16-8(13)15/h6-7H,2-5H2,1H3,(H2,13,15). The summed E-state index contributed by atoms with van der Waals surface area (Å²) in [6, 6.07) is -1.46. The van der Waals surface area contributed by atoms with Crippen molar-refractivity contribution in [2.75, 3.05) is 13.1 Å². The number of ether oxygens (including phenoxy) is 1. The van der Waals surface area contributed by atoms with Gasteiger partial charge in [0.1, 0.15) is 12.1 Å². The number of carbonyl (C=O) groups excluding carboxylic acids is 1. The Hall–Kier alpha value is -0.980. The van der Waals surface area contributed by atoms with Crippen LogP contribution in [0.3, 0.4) is 0 Å². The van der Waals surface area contributed by atoms with Crippen LogP contribution in [0.4, 0.5) is 18.0 Å². The van der Waals surface area contributed by atoms with Gasteiger partial charge < -0.3 is 10.5 Å². The van der Waals surface area contributed by atoms with Crippen molar-refractivity contribution >= 4 is 6.09 Å². The lowest BCUT2D eigenvalue weighted by Crippen LogP contribution is -2.48. The molecule has 4 nitrogen and oxygen atoms in total. The molecule has 0 aromatic rings. The molecule has 1 heterocycles. The number of primary amides is 1. The van der Waals surface area contributed by atoms with Crippen LogP contribution in [0.25, 0.3) is 0 Å². The molecule has 1 rings (SSSR count). The van der Waals surface area contributed by atoms with E-state index >= 15 is 0 Å². The Bertz CT molecular complexity index is 250. The fraction of sp³-hybridized carbons (Fsp3) is 0.889. The van der Waals surface area contributed by atoms with E-state index in [2.05, 4.69) is 0 Å².